The van der Waals surface area contributed by atoms with Gasteiger partial charge in [-0.3, -0.25) is 0 Å². The summed E-state index contributed by atoms with van der Waals surface area (Å²) in [5.41, 5.74) is 2.36. The Hall–Kier alpha value is -3.79. The number of carbonyl (C=O) groups is 1. The van der Waals surface area contributed by atoms with Crippen molar-refractivity contribution in [1.29, 1.82) is 0 Å². The van der Waals surface area contributed by atoms with Gasteiger partial charge < -0.3 is 18.1 Å². The van der Waals surface area contributed by atoms with Gasteiger partial charge in [0.25, 0.3) is 17.5 Å². The quantitative estimate of drug-likeness (QED) is 0.323. The van der Waals surface area contributed by atoms with E-state index in [1.807, 2.05) is 37.4 Å². The molecular formula is C22H18N4O5S. The molecule has 32 heavy (non-hydrogen) atoms. The molecule has 1 atom stereocenters. The lowest BCUT2D eigenvalue weighted by Crippen LogP contribution is -2.11. The molecule has 0 aromatic carbocycles. The van der Waals surface area contributed by atoms with Gasteiger partial charge in [0, 0.05) is 5.56 Å². The Morgan fingerprint density at radius 1 is 1.16 bits per heavy atom. The van der Waals surface area contributed by atoms with Gasteiger partial charge in [-0.2, -0.15) is 0 Å². The third kappa shape index (κ3) is 3.48. The molecule has 0 aliphatic rings. The van der Waals surface area contributed by atoms with E-state index in [-0.39, 0.29) is 17.2 Å². The topological polar surface area (TPSA) is 117 Å². The minimum Gasteiger partial charge on any atom is -0.466 e. The molecule has 0 spiro atoms. The summed E-state index contributed by atoms with van der Waals surface area (Å²) in [5, 5.41) is 14.4. The van der Waals surface area contributed by atoms with Crippen molar-refractivity contribution in [3.63, 3.8) is 0 Å². The maximum absolute atomic E-state index is 13.2. The predicted octanol–water partition coefficient (Wildman–Crippen LogP) is 5.44. The maximum atomic E-state index is 13.2. The number of nitrogens with zero attached hydrogens (tertiary/aromatic N) is 4. The van der Waals surface area contributed by atoms with Gasteiger partial charge in [0.2, 0.25) is 0 Å². The van der Waals surface area contributed by atoms with Gasteiger partial charge in [-0.15, -0.1) is 21.5 Å². The summed E-state index contributed by atoms with van der Waals surface area (Å²) < 4.78 is 22.3. The second-order valence-corrected chi connectivity index (χ2v) is 8.25. The standard InChI is InChI=1S/C22H18N4O5S/c1-10-8-14(12(3)28-10)16-9-15(18-11(2)26-31-21(18)23-16)22(27)29-13(4)19-24-25-20(30-19)17-6-5-7-32-17/h5-9,13H,1-4H3. The summed E-state index contributed by atoms with van der Waals surface area (Å²) >= 11 is 1.48. The summed E-state index contributed by atoms with van der Waals surface area (Å²) in [6.07, 6.45) is -0.756. The van der Waals surface area contributed by atoms with Crippen molar-refractivity contribution in [3.05, 3.63) is 58.3 Å². The number of furan rings is 1. The molecule has 162 valence electrons. The second kappa shape index (κ2) is 7.72. The summed E-state index contributed by atoms with van der Waals surface area (Å²) in [6, 6.07) is 7.28. The fraction of sp³-hybridized carbons (Fsp3) is 0.227. The largest absolute Gasteiger partial charge is 0.466 e. The third-order valence-electron chi connectivity index (χ3n) is 4.96. The number of hydrogen-bond acceptors (Lipinski definition) is 10. The molecule has 5 rings (SSSR count). The highest BCUT2D eigenvalue weighted by Crippen LogP contribution is 2.32. The number of rotatable bonds is 5. The minimum absolute atomic E-state index is 0.204. The maximum Gasteiger partial charge on any atom is 0.339 e. The van der Waals surface area contributed by atoms with Crippen LogP contribution in [0.4, 0.5) is 0 Å². The SMILES string of the molecule is Cc1cc(-c2cc(C(=O)OC(C)c3nnc(-c4cccs4)o3)c3c(C)noc3n2)c(C)o1. The highest BCUT2D eigenvalue weighted by molar-refractivity contribution is 7.13. The van der Waals surface area contributed by atoms with Crippen LogP contribution >= 0.6 is 11.3 Å². The van der Waals surface area contributed by atoms with E-state index in [4.69, 9.17) is 18.1 Å². The number of esters is 1. The number of carbonyl (C=O) groups excluding carboxylic acids is 1. The smallest absolute Gasteiger partial charge is 0.339 e. The Morgan fingerprint density at radius 3 is 2.72 bits per heavy atom. The first-order valence-electron chi connectivity index (χ1n) is 9.83. The van der Waals surface area contributed by atoms with E-state index in [1.54, 1.807) is 19.9 Å². The molecule has 0 amide bonds. The van der Waals surface area contributed by atoms with Crippen LogP contribution in [0.3, 0.4) is 0 Å². The lowest BCUT2D eigenvalue weighted by molar-refractivity contribution is 0.0282. The normalized spacial score (nSPS) is 12.4. The van der Waals surface area contributed by atoms with Gasteiger partial charge in [-0.1, -0.05) is 11.2 Å². The van der Waals surface area contributed by atoms with E-state index in [2.05, 4.69) is 20.3 Å². The number of hydrogen-bond donors (Lipinski definition) is 0. The molecule has 0 radical (unpaired) electrons. The minimum atomic E-state index is -0.756. The predicted molar refractivity (Wildman–Crippen MR) is 115 cm³/mol. The van der Waals surface area contributed by atoms with Gasteiger partial charge in [0.15, 0.2) is 6.10 Å². The van der Waals surface area contributed by atoms with Crippen LogP contribution in [-0.2, 0) is 4.74 Å². The molecule has 1 unspecified atom stereocenters. The van der Waals surface area contributed by atoms with Crippen LogP contribution in [0.5, 0.6) is 0 Å². The Kier molecular flexibility index (Phi) is 4.86. The van der Waals surface area contributed by atoms with E-state index in [0.717, 1.165) is 16.2 Å². The molecule has 0 saturated heterocycles. The Morgan fingerprint density at radius 2 is 2.00 bits per heavy atom. The van der Waals surface area contributed by atoms with E-state index in [0.29, 0.717) is 28.4 Å². The van der Waals surface area contributed by atoms with Crippen molar-refractivity contribution in [2.24, 2.45) is 0 Å². The lowest BCUT2D eigenvalue weighted by Gasteiger charge is -2.11. The molecule has 0 fully saturated rings. The monoisotopic (exact) mass is 450 g/mol. The number of pyridine rings is 1. The lowest BCUT2D eigenvalue weighted by atomic mass is 10.1. The Bertz CT molecular complexity index is 1430. The molecule has 5 aromatic heterocycles. The van der Waals surface area contributed by atoms with Crippen molar-refractivity contribution >= 4 is 28.4 Å². The zero-order valence-electron chi connectivity index (χ0n) is 17.7. The second-order valence-electron chi connectivity index (χ2n) is 7.30. The first-order chi connectivity index (χ1) is 15.4. The average molecular weight is 450 g/mol. The zero-order chi connectivity index (χ0) is 22.4. The Balaban J connectivity index is 1.49. The number of aromatic nitrogens is 4. The number of fused-ring (bicyclic) bond motifs is 1. The summed E-state index contributed by atoms with van der Waals surface area (Å²) in [5.74, 6) is 1.43. The fourth-order valence-corrected chi connectivity index (χ4v) is 4.10. The van der Waals surface area contributed by atoms with Crippen LogP contribution in [0.15, 0.2) is 43.0 Å². The summed E-state index contributed by atoms with van der Waals surface area (Å²) in [6.45, 7) is 7.10. The van der Waals surface area contributed by atoms with Crippen molar-refractivity contribution in [1.82, 2.24) is 20.3 Å². The van der Waals surface area contributed by atoms with Gasteiger partial charge in [-0.05, 0) is 51.3 Å². The van der Waals surface area contributed by atoms with E-state index < -0.39 is 12.1 Å². The van der Waals surface area contributed by atoms with Crippen molar-refractivity contribution in [2.45, 2.75) is 33.8 Å². The third-order valence-corrected chi connectivity index (χ3v) is 5.82. The summed E-state index contributed by atoms with van der Waals surface area (Å²) in [4.78, 5) is 18.5. The first-order valence-corrected chi connectivity index (χ1v) is 10.7. The molecule has 10 heteroatoms. The van der Waals surface area contributed by atoms with Crippen LogP contribution in [-0.4, -0.2) is 26.3 Å². The van der Waals surface area contributed by atoms with Crippen LogP contribution < -0.4 is 0 Å². The fourth-order valence-electron chi connectivity index (χ4n) is 3.45. The van der Waals surface area contributed by atoms with Gasteiger partial charge in [0.05, 0.1) is 27.2 Å². The van der Waals surface area contributed by atoms with Crippen molar-refractivity contribution < 1.29 is 22.9 Å². The van der Waals surface area contributed by atoms with Crippen molar-refractivity contribution in [2.75, 3.05) is 0 Å². The molecule has 0 saturated carbocycles. The van der Waals surface area contributed by atoms with E-state index in [1.165, 1.54) is 11.3 Å². The van der Waals surface area contributed by atoms with Crippen LogP contribution in [0, 0.1) is 20.8 Å². The molecule has 5 heterocycles. The van der Waals surface area contributed by atoms with E-state index in [9.17, 15) is 4.79 Å². The molecule has 0 aliphatic carbocycles. The first kappa shape index (κ1) is 20.1. The average Bonchev–Trinajstić information content (AvgIpc) is 3.54. The highest BCUT2D eigenvalue weighted by Gasteiger charge is 2.25. The molecule has 5 aromatic rings. The molecular weight excluding hydrogens is 432 g/mol. The molecule has 0 aliphatic heterocycles. The molecule has 0 N–H and O–H groups in total. The van der Waals surface area contributed by atoms with Crippen LogP contribution in [0.2, 0.25) is 0 Å². The highest BCUT2D eigenvalue weighted by atomic mass is 32.1. The zero-order valence-corrected chi connectivity index (χ0v) is 18.5. The van der Waals surface area contributed by atoms with Gasteiger partial charge in [0.1, 0.15) is 11.5 Å². The molecule has 9 nitrogen and oxygen atoms in total. The van der Waals surface area contributed by atoms with Crippen molar-refractivity contribution in [3.8, 4) is 22.0 Å². The Labute approximate surface area is 186 Å². The van der Waals surface area contributed by atoms with Gasteiger partial charge in [-0.25, -0.2) is 9.78 Å². The number of aryl methyl sites for hydroxylation is 3. The van der Waals surface area contributed by atoms with Crippen LogP contribution in [0.1, 0.15) is 46.5 Å². The number of ether oxygens (including phenoxy) is 1. The molecule has 0 bridgehead atoms. The van der Waals surface area contributed by atoms with Gasteiger partial charge >= 0.3 is 5.97 Å². The summed E-state index contributed by atoms with van der Waals surface area (Å²) in [7, 11) is 0. The van der Waals surface area contributed by atoms with E-state index >= 15 is 0 Å². The van der Waals surface area contributed by atoms with Crippen LogP contribution in [0.25, 0.3) is 33.1 Å². The number of thiophene rings is 1.